The third-order valence-electron chi connectivity index (χ3n) is 2.51. The molecule has 0 amide bonds. The Bertz CT molecular complexity index is 405. The van der Waals surface area contributed by atoms with Crippen LogP contribution < -0.4 is 0 Å². The van der Waals surface area contributed by atoms with Crippen LogP contribution >= 0.6 is 0 Å². The van der Waals surface area contributed by atoms with Gasteiger partial charge in [0, 0.05) is 17.2 Å². The summed E-state index contributed by atoms with van der Waals surface area (Å²) in [5.74, 6) is 0.0807. The van der Waals surface area contributed by atoms with E-state index in [1.165, 1.54) is 0 Å². The van der Waals surface area contributed by atoms with Crippen LogP contribution in [0, 0.1) is 5.41 Å². The highest BCUT2D eigenvalue weighted by Crippen LogP contribution is 2.24. The predicted molar refractivity (Wildman–Crippen MR) is 56.5 cm³/mol. The van der Waals surface area contributed by atoms with Crippen LogP contribution in [0.1, 0.15) is 42.4 Å². The molecule has 0 aromatic carbocycles. The van der Waals surface area contributed by atoms with E-state index < -0.39 is 0 Å². The van der Waals surface area contributed by atoms with Crippen LogP contribution in [0.5, 0.6) is 0 Å². The highest BCUT2D eigenvalue weighted by atomic mass is 16.5. The SMILES string of the molecule is CC(C)(C)C(=O)c1cc2c(cn1)COC2. The van der Waals surface area contributed by atoms with Crippen molar-refractivity contribution < 1.29 is 9.53 Å². The van der Waals surface area contributed by atoms with Gasteiger partial charge in [0.2, 0.25) is 0 Å². The number of hydrogen-bond donors (Lipinski definition) is 0. The van der Waals surface area contributed by atoms with E-state index in [4.69, 9.17) is 4.74 Å². The number of nitrogens with zero attached hydrogens (tertiary/aromatic N) is 1. The molecule has 3 heteroatoms. The molecule has 0 saturated carbocycles. The molecule has 0 N–H and O–H groups in total. The second kappa shape index (κ2) is 3.42. The number of Topliss-reactive ketones (excluding diaryl/α,β-unsaturated/α-hetero) is 1. The molecule has 0 fully saturated rings. The quantitative estimate of drug-likeness (QED) is 0.660. The van der Waals surface area contributed by atoms with Crippen molar-refractivity contribution in [3.8, 4) is 0 Å². The van der Waals surface area contributed by atoms with Crippen molar-refractivity contribution in [2.24, 2.45) is 5.41 Å². The Balaban J connectivity index is 2.35. The lowest BCUT2D eigenvalue weighted by Gasteiger charge is -2.15. The lowest BCUT2D eigenvalue weighted by Crippen LogP contribution is -2.21. The first-order valence-corrected chi connectivity index (χ1v) is 5.09. The summed E-state index contributed by atoms with van der Waals surface area (Å²) in [4.78, 5) is 16.1. The molecule has 0 saturated heterocycles. The molecular weight excluding hydrogens is 190 g/mol. The predicted octanol–water partition coefficient (Wildman–Crippen LogP) is 2.34. The van der Waals surface area contributed by atoms with Crippen molar-refractivity contribution in [2.45, 2.75) is 34.0 Å². The molecule has 1 aliphatic rings. The van der Waals surface area contributed by atoms with Gasteiger partial charge in [0.15, 0.2) is 5.78 Å². The van der Waals surface area contributed by atoms with Crippen LogP contribution in [-0.2, 0) is 18.0 Å². The van der Waals surface area contributed by atoms with Gasteiger partial charge in [-0.1, -0.05) is 20.8 Å². The average Bonchev–Trinajstić information content (AvgIpc) is 2.61. The first-order chi connectivity index (χ1) is 6.98. The number of ether oxygens (including phenoxy) is 1. The van der Waals surface area contributed by atoms with Crippen LogP contribution in [0.4, 0.5) is 0 Å². The highest BCUT2D eigenvalue weighted by Gasteiger charge is 2.25. The van der Waals surface area contributed by atoms with Gasteiger partial charge in [-0.05, 0) is 11.6 Å². The van der Waals surface area contributed by atoms with Gasteiger partial charge in [-0.15, -0.1) is 0 Å². The summed E-state index contributed by atoms with van der Waals surface area (Å²) >= 11 is 0. The van der Waals surface area contributed by atoms with E-state index in [0.717, 1.165) is 11.1 Å². The monoisotopic (exact) mass is 205 g/mol. The van der Waals surface area contributed by atoms with Crippen molar-refractivity contribution in [1.82, 2.24) is 4.98 Å². The van der Waals surface area contributed by atoms with Gasteiger partial charge >= 0.3 is 0 Å². The maximum Gasteiger partial charge on any atom is 0.186 e. The Morgan fingerprint density at radius 3 is 2.67 bits per heavy atom. The van der Waals surface area contributed by atoms with Crippen LogP contribution in [0.2, 0.25) is 0 Å². The van der Waals surface area contributed by atoms with E-state index in [1.807, 2.05) is 26.8 Å². The number of aromatic nitrogens is 1. The minimum atomic E-state index is -0.374. The third-order valence-corrected chi connectivity index (χ3v) is 2.51. The molecule has 0 aliphatic carbocycles. The lowest BCUT2D eigenvalue weighted by molar-refractivity contribution is 0.0853. The van der Waals surface area contributed by atoms with Crippen molar-refractivity contribution in [3.05, 3.63) is 29.1 Å². The minimum Gasteiger partial charge on any atom is -0.372 e. The standard InChI is InChI=1S/C12H15NO2/c1-12(2,3)11(14)10-4-8-6-15-7-9(8)5-13-10/h4-5H,6-7H2,1-3H3. The largest absolute Gasteiger partial charge is 0.372 e. The lowest BCUT2D eigenvalue weighted by atomic mass is 9.88. The molecule has 1 aromatic heterocycles. The van der Waals surface area contributed by atoms with Gasteiger partial charge in [0.1, 0.15) is 5.69 Å². The highest BCUT2D eigenvalue weighted by molar-refractivity contribution is 5.98. The molecule has 0 radical (unpaired) electrons. The second-order valence-corrected chi connectivity index (χ2v) is 4.91. The zero-order chi connectivity index (χ0) is 11.1. The number of carbonyl (C=O) groups excluding carboxylic acids is 1. The molecule has 0 atom stereocenters. The van der Waals surface area contributed by atoms with Gasteiger partial charge in [-0.2, -0.15) is 0 Å². The molecule has 2 heterocycles. The summed E-state index contributed by atoms with van der Waals surface area (Å²) in [5, 5.41) is 0. The summed E-state index contributed by atoms with van der Waals surface area (Å²) in [6.07, 6.45) is 1.75. The summed E-state index contributed by atoms with van der Waals surface area (Å²) in [6, 6.07) is 1.86. The Morgan fingerprint density at radius 1 is 1.33 bits per heavy atom. The van der Waals surface area contributed by atoms with Crippen LogP contribution in [0.25, 0.3) is 0 Å². The fraction of sp³-hybridized carbons (Fsp3) is 0.500. The number of pyridine rings is 1. The van der Waals surface area contributed by atoms with Gasteiger partial charge in [-0.3, -0.25) is 9.78 Å². The number of fused-ring (bicyclic) bond motifs is 1. The van der Waals surface area contributed by atoms with E-state index >= 15 is 0 Å². The molecule has 15 heavy (non-hydrogen) atoms. The normalized spacial score (nSPS) is 15.1. The van der Waals surface area contributed by atoms with Crippen molar-refractivity contribution in [3.63, 3.8) is 0 Å². The maximum atomic E-state index is 12.0. The fourth-order valence-corrected chi connectivity index (χ4v) is 1.57. The topological polar surface area (TPSA) is 39.2 Å². The van der Waals surface area contributed by atoms with Gasteiger partial charge in [0.05, 0.1) is 13.2 Å². The van der Waals surface area contributed by atoms with Crippen molar-refractivity contribution >= 4 is 5.78 Å². The number of rotatable bonds is 1. The van der Waals surface area contributed by atoms with Gasteiger partial charge in [0.25, 0.3) is 0 Å². The van der Waals surface area contributed by atoms with Gasteiger partial charge < -0.3 is 4.74 Å². The number of carbonyl (C=O) groups is 1. The van der Waals surface area contributed by atoms with Crippen molar-refractivity contribution in [2.75, 3.05) is 0 Å². The first kappa shape index (κ1) is 10.3. The summed E-state index contributed by atoms with van der Waals surface area (Å²) < 4.78 is 5.28. The van der Waals surface area contributed by atoms with Crippen molar-refractivity contribution in [1.29, 1.82) is 0 Å². The third kappa shape index (κ3) is 1.92. The van der Waals surface area contributed by atoms with E-state index in [-0.39, 0.29) is 11.2 Å². The molecule has 2 rings (SSSR count). The van der Waals surface area contributed by atoms with Crippen LogP contribution in [-0.4, -0.2) is 10.8 Å². The van der Waals surface area contributed by atoms with E-state index in [9.17, 15) is 4.79 Å². The first-order valence-electron chi connectivity index (χ1n) is 5.09. The molecule has 80 valence electrons. The number of ketones is 1. The Labute approximate surface area is 89.5 Å². The molecule has 3 nitrogen and oxygen atoms in total. The average molecular weight is 205 g/mol. The summed E-state index contributed by atoms with van der Waals surface area (Å²) in [5.41, 5.74) is 2.37. The molecule has 0 spiro atoms. The minimum absolute atomic E-state index is 0.0807. The Hall–Kier alpha value is -1.22. The van der Waals surface area contributed by atoms with Gasteiger partial charge in [-0.25, -0.2) is 0 Å². The zero-order valence-electron chi connectivity index (χ0n) is 9.33. The smallest absolute Gasteiger partial charge is 0.186 e. The molecule has 0 unspecified atom stereocenters. The van der Waals surface area contributed by atoms with E-state index in [2.05, 4.69) is 4.98 Å². The van der Waals surface area contributed by atoms with Crippen LogP contribution in [0.3, 0.4) is 0 Å². The number of hydrogen-bond acceptors (Lipinski definition) is 3. The molecular formula is C12H15NO2. The second-order valence-electron chi connectivity index (χ2n) is 4.91. The maximum absolute atomic E-state index is 12.0. The van der Waals surface area contributed by atoms with Crippen LogP contribution in [0.15, 0.2) is 12.3 Å². The summed E-state index contributed by atoms with van der Waals surface area (Å²) in [6.45, 7) is 6.93. The van der Waals surface area contributed by atoms with E-state index in [1.54, 1.807) is 6.20 Å². The molecule has 0 bridgehead atoms. The zero-order valence-corrected chi connectivity index (χ0v) is 9.33. The molecule has 1 aromatic rings. The van der Waals surface area contributed by atoms with E-state index in [0.29, 0.717) is 18.9 Å². The fourth-order valence-electron chi connectivity index (χ4n) is 1.57. The Kier molecular flexibility index (Phi) is 2.35. The Morgan fingerprint density at radius 2 is 2.00 bits per heavy atom. The molecule has 1 aliphatic heterocycles. The summed E-state index contributed by atoms with van der Waals surface area (Å²) in [7, 11) is 0.